The summed E-state index contributed by atoms with van der Waals surface area (Å²) in [7, 11) is 1.62. The topological polar surface area (TPSA) is 76.7 Å². The Labute approximate surface area is 143 Å². The van der Waals surface area contributed by atoms with Crippen LogP contribution in [0.5, 0.6) is 5.75 Å². The number of ether oxygens (including phenoxy) is 1. The van der Waals surface area contributed by atoms with Crippen molar-refractivity contribution in [1.82, 2.24) is 0 Å². The van der Waals surface area contributed by atoms with E-state index in [0.29, 0.717) is 5.69 Å². The lowest BCUT2D eigenvalue weighted by Crippen LogP contribution is -2.13. The zero-order valence-corrected chi connectivity index (χ0v) is 14.7. The van der Waals surface area contributed by atoms with E-state index in [1.807, 2.05) is 62.4 Å². The number of nitrogens with zero attached hydrogens (tertiary/aromatic N) is 1. The number of amides is 1. The third-order valence-electron chi connectivity index (χ3n) is 3.11. The summed E-state index contributed by atoms with van der Waals surface area (Å²) in [6.45, 7) is 5.64. The normalized spacial score (nSPS) is 10.5. The maximum absolute atomic E-state index is 11.4. The van der Waals surface area contributed by atoms with Gasteiger partial charge in [-0.1, -0.05) is 32.0 Å². The van der Waals surface area contributed by atoms with Crippen LogP contribution in [0.4, 0.5) is 5.69 Å². The Morgan fingerprint density at radius 1 is 1.12 bits per heavy atom. The van der Waals surface area contributed by atoms with E-state index in [1.54, 1.807) is 7.11 Å². The molecule has 0 fully saturated rings. The quantitative estimate of drug-likeness (QED) is 0.826. The highest BCUT2D eigenvalue weighted by atomic mass is 16.5. The second kappa shape index (κ2) is 10.2. The molecule has 2 aromatic carbocycles. The smallest absolute Gasteiger partial charge is 0.221 e. The first-order valence-corrected chi connectivity index (χ1v) is 7.91. The van der Waals surface area contributed by atoms with Crippen LogP contribution in [0.3, 0.4) is 0 Å². The van der Waals surface area contributed by atoms with Gasteiger partial charge < -0.3 is 15.8 Å². The lowest BCUT2D eigenvalue weighted by atomic mass is 10.00. The van der Waals surface area contributed by atoms with Gasteiger partial charge in [0.25, 0.3) is 0 Å². The summed E-state index contributed by atoms with van der Waals surface area (Å²) >= 11 is 0. The van der Waals surface area contributed by atoms with Gasteiger partial charge in [-0.15, -0.1) is 0 Å². The highest BCUT2D eigenvalue weighted by Crippen LogP contribution is 2.21. The summed E-state index contributed by atoms with van der Waals surface area (Å²) in [6.07, 6.45) is 0. The van der Waals surface area contributed by atoms with Gasteiger partial charge in [0.1, 0.15) is 5.75 Å². The number of nitrogens with two attached hydrogens (primary N) is 1. The maximum atomic E-state index is 11.4. The SMILES string of the molecule is CC.COc1ccc(/C(=N/CN)c2ccccc2NC(C)=O)cc1. The molecule has 0 spiro atoms. The Hall–Kier alpha value is -2.66. The number of hydrogen-bond acceptors (Lipinski definition) is 4. The first-order chi connectivity index (χ1) is 11.7. The molecule has 0 aliphatic carbocycles. The Morgan fingerprint density at radius 2 is 1.75 bits per heavy atom. The van der Waals surface area contributed by atoms with Crippen molar-refractivity contribution in [2.75, 3.05) is 19.1 Å². The van der Waals surface area contributed by atoms with E-state index in [4.69, 9.17) is 10.5 Å². The van der Waals surface area contributed by atoms with Gasteiger partial charge in [-0.25, -0.2) is 0 Å². The monoisotopic (exact) mass is 327 g/mol. The van der Waals surface area contributed by atoms with Crippen LogP contribution < -0.4 is 15.8 Å². The molecule has 24 heavy (non-hydrogen) atoms. The van der Waals surface area contributed by atoms with E-state index >= 15 is 0 Å². The van der Waals surface area contributed by atoms with Crippen molar-refractivity contribution in [3.05, 3.63) is 59.7 Å². The van der Waals surface area contributed by atoms with Crippen molar-refractivity contribution in [2.45, 2.75) is 20.8 Å². The molecule has 0 heterocycles. The second-order valence-corrected chi connectivity index (χ2v) is 4.64. The minimum atomic E-state index is -0.130. The van der Waals surface area contributed by atoms with Crippen LogP contribution in [-0.2, 0) is 4.79 Å². The second-order valence-electron chi connectivity index (χ2n) is 4.64. The third kappa shape index (κ3) is 5.21. The number of para-hydroxylation sites is 1. The lowest BCUT2D eigenvalue weighted by molar-refractivity contribution is -0.114. The van der Waals surface area contributed by atoms with Crippen molar-refractivity contribution in [1.29, 1.82) is 0 Å². The number of hydrogen-bond donors (Lipinski definition) is 2. The molecular weight excluding hydrogens is 302 g/mol. The standard InChI is InChI=1S/C17H19N3O2.C2H6/c1-12(21)20-16-6-4-3-5-15(16)17(19-11-18)13-7-9-14(22-2)10-8-13;1-2/h3-10H,11,18H2,1-2H3,(H,20,21);1-2H3/b19-17-;. The zero-order valence-electron chi connectivity index (χ0n) is 14.7. The first-order valence-electron chi connectivity index (χ1n) is 7.91. The minimum Gasteiger partial charge on any atom is -0.497 e. The van der Waals surface area contributed by atoms with Crippen LogP contribution in [-0.4, -0.2) is 25.4 Å². The van der Waals surface area contributed by atoms with Gasteiger partial charge in [0.2, 0.25) is 5.91 Å². The fourth-order valence-corrected chi connectivity index (χ4v) is 2.16. The minimum absolute atomic E-state index is 0.130. The van der Waals surface area contributed by atoms with Crippen LogP contribution in [0.25, 0.3) is 0 Å². The molecule has 0 aliphatic heterocycles. The maximum Gasteiger partial charge on any atom is 0.221 e. The highest BCUT2D eigenvalue weighted by Gasteiger charge is 2.12. The van der Waals surface area contributed by atoms with Gasteiger partial charge in [0.15, 0.2) is 0 Å². The molecule has 128 valence electrons. The van der Waals surface area contributed by atoms with Gasteiger partial charge in [0, 0.05) is 18.1 Å². The first kappa shape index (κ1) is 19.4. The van der Waals surface area contributed by atoms with Crippen molar-refractivity contribution >= 4 is 17.3 Å². The number of carbonyl (C=O) groups is 1. The summed E-state index contributed by atoms with van der Waals surface area (Å²) in [5.74, 6) is 0.639. The molecule has 0 radical (unpaired) electrons. The predicted molar refractivity (Wildman–Crippen MR) is 99.8 cm³/mol. The molecule has 0 bridgehead atoms. The van der Waals surface area contributed by atoms with Crippen molar-refractivity contribution < 1.29 is 9.53 Å². The molecule has 0 unspecified atom stereocenters. The van der Waals surface area contributed by atoms with E-state index in [9.17, 15) is 4.79 Å². The number of nitrogens with one attached hydrogen (secondary N) is 1. The molecule has 0 saturated carbocycles. The van der Waals surface area contributed by atoms with E-state index in [-0.39, 0.29) is 12.6 Å². The summed E-state index contributed by atoms with van der Waals surface area (Å²) in [5, 5.41) is 2.82. The summed E-state index contributed by atoms with van der Waals surface area (Å²) in [5.41, 5.74) is 8.78. The molecule has 2 aromatic rings. The number of benzene rings is 2. The van der Waals surface area contributed by atoms with Crippen LogP contribution in [0, 0.1) is 0 Å². The van der Waals surface area contributed by atoms with E-state index in [0.717, 1.165) is 22.6 Å². The fourth-order valence-electron chi connectivity index (χ4n) is 2.16. The number of aliphatic imine (C=N–C) groups is 1. The number of rotatable bonds is 5. The lowest BCUT2D eigenvalue weighted by Gasteiger charge is -2.13. The summed E-state index contributed by atoms with van der Waals surface area (Å²) in [4.78, 5) is 15.8. The molecule has 5 nitrogen and oxygen atoms in total. The third-order valence-corrected chi connectivity index (χ3v) is 3.11. The summed E-state index contributed by atoms with van der Waals surface area (Å²) in [6, 6.07) is 15.1. The zero-order chi connectivity index (χ0) is 17.9. The van der Waals surface area contributed by atoms with Crippen molar-refractivity contribution in [3.8, 4) is 5.75 Å². The van der Waals surface area contributed by atoms with Crippen LogP contribution in [0.15, 0.2) is 53.5 Å². The molecule has 1 amide bonds. The Kier molecular flexibility index (Phi) is 8.22. The fraction of sp³-hybridized carbons (Fsp3) is 0.263. The van der Waals surface area contributed by atoms with Gasteiger partial charge in [-0.2, -0.15) is 0 Å². The summed E-state index contributed by atoms with van der Waals surface area (Å²) < 4.78 is 5.17. The molecule has 3 N–H and O–H groups in total. The molecule has 5 heteroatoms. The van der Waals surface area contributed by atoms with Crippen molar-refractivity contribution in [3.63, 3.8) is 0 Å². The Balaban J connectivity index is 0.00000139. The molecule has 2 rings (SSSR count). The van der Waals surface area contributed by atoms with Gasteiger partial charge in [0.05, 0.1) is 25.2 Å². The average molecular weight is 327 g/mol. The number of anilines is 1. The Bertz CT molecular complexity index is 679. The number of methoxy groups -OCH3 is 1. The molecule has 0 aromatic heterocycles. The molecule has 0 aliphatic rings. The highest BCUT2D eigenvalue weighted by molar-refractivity contribution is 6.17. The van der Waals surface area contributed by atoms with Crippen LogP contribution >= 0.6 is 0 Å². The largest absolute Gasteiger partial charge is 0.497 e. The van der Waals surface area contributed by atoms with Gasteiger partial charge >= 0.3 is 0 Å². The average Bonchev–Trinajstić information content (AvgIpc) is 2.62. The van der Waals surface area contributed by atoms with E-state index in [2.05, 4.69) is 10.3 Å². The molecule has 0 saturated heterocycles. The Morgan fingerprint density at radius 3 is 2.29 bits per heavy atom. The molecule has 0 atom stereocenters. The van der Waals surface area contributed by atoms with Crippen LogP contribution in [0.2, 0.25) is 0 Å². The van der Waals surface area contributed by atoms with Gasteiger partial charge in [-0.05, 0) is 30.3 Å². The van der Waals surface area contributed by atoms with E-state index in [1.165, 1.54) is 6.92 Å². The van der Waals surface area contributed by atoms with E-state index < -0.39 is 0 Å². The predicted octanol–water partition coefficient (Wildman–Crippen LogP) is 3.43. The van der Waals surface area contributed by atoms with Crippen LogP contribution in [0.1, 0.15) is 31.9 Å². The van der Waals surface area contributed by atoms with Crippen molar-refractivity contribution in [2.24, 2.45) is 10.7 Å². The number of carbonyl (C=O) groups excluding carboxylic acids is 1. The molecular formula is C19H25N3O2. The van der Waals surface area contributed by atoms with Gasteiger partial charge in [-0.3, -0.25) is 9.79 Å².